The third-order valence-electron chi connectivity index (χ3n) is 5.42. The van der Waals surface area contributed by atoms with Crippen molar-refractivity contribution in [3.63, 3.8) is 0 Å². The van der Waals surface area contributed by atoms with Crippen LogP contribution in [0.3, 0.4) is 0 Å². The minimum Gasteiger partial charge on any atom is -0.396 e. The normalized spacial score (nSPS) is 26.1. The van der Waals surface area contributed by atoms with Crippen LogP contribution in [0, 0.1) is 23.1 Å². The van der Waals surface area contributed by atoms with Gasteiger partial charge < -0.3 is 11.1 Å². The Morgan fingerprint density at radius 1 is 1.35 bits per heavy atom. The Balaban J connectivity index is 1.73. The maximum Gasteiger partial charge on any atom is 0.235 e. The van der Waals surface area contributed by atoms with Crippen molar-refractivity contribution < 1.29 is 9.18 Å². The number of amides is 1. The highest BCUT2D eigenvalue weighted by atomic mass is 32.1. The Kier molecular flexibility index (Phi) is 3.80. The van der Waals surface area contributed by atoms with Crippen molar-refractivity contribution in [2.24, 2.45) is 11.8 Å². The van der Waals surface area contributed by atoms with Gasteiger partial charge >= 0.3 is 0 Å². The van der Waals surface area contributed by atoms with Crippen LogP contribution in [0.4, 0.5) is 10.1 Å². The number of nitrogens with one attached hydrogen (secondary N) is 2. The van der Waals surface area contributed by atoms with Gasteiger partial charge in [-0.2, -0.15) is 0 Å². The molecule has 2 fully saturated rings. The Hall–Kier alpha value is -2.41. The van der Waals surface area contributed by atoms with E-state index < -0.39 is 11.4 Å². The number of hydrogen-bond acceptors (Lipinski definition) is 4. The first-order valence-electron chi connectivity index (χ1n) is 8.61. The second-order valence-corrected chi connectivity index (χ2v) is 8.37. The average Bonchev–Trinajstić information content (AvgIpc) is 3.29. The Bertz CT molecular complexity index is 907. The lowest BCUT2D eigenvalue weighted by atomic mass is 9.78. The third kappa shape index (κ3) is 2.58. The van der Waals surface area contributed by atoms with Crippen LogP contribution in [-0.2, 0) is 10.3 Å². The van der Waals surface area contributed by atoms with E-state index in [0.717, 1.165) is 28.2 Å². The molecule has 1 aliphatic carbocycles. The van der Waals surface area contributed by atoms with E-state index in [2.05, 4.69) is 5.32 Å². The molecule has 1 aromatic heterocycles. The molecule has 26 heavy (non-hydrogen) atoms. The maximum atomic E-state index is 13.4. The number of halogens is 1. The van der Waals surface area contributed by atoms with Crippen molar-refractivity contribution in [3.05, 3.63) is 41.0 Å². The molecule has 4 N–H and O–H groups in total. The molecule has 7 heteroatoms. The minimum atomic E-state index is -0.615. The number of nitrogens with zero attached hydrogens (tertiary/aromatic N) is 1. The fraction of sp³-hybridized carbons (Fsp3) is 0.368. The van der Waals surface area contributed by atoms with Crippen molar-refractivity contribution in [3.8, 4) is 10.4 Å². The van der Waals surface area contributed by atoms with E-state index in [1.165, 1.54) is 11.0 Å². The fourth-order valence-corrected chi connectivity index (χ4v) is 4.90. The van der Waals surface area contributed by atoms with Crippen LogP contribution in [0.1, 0.15) is 24.6 Å². The molecule has 1 aliphatic heterocycles. The number of thiophene rings is 1. The van der Waals surface area contributed by atoms with Crippen LogP contribution >= 0.6 is 11.3 Å². The molecule has 5 nitrogen and oxygen atoms in total. The van der Waals surface area contributed by atoms with Gasteiger partial charge in [0.2, 0.25) is 5.91 Å². The van der Waals surface area contributed by atoms with E-state index in [1.807, 2.05) is 19.1 Å². The van der Waals surface area contributed by atoms with Crippen LogP contribution in [-0.4, -0.2) is 23.8 Å². The summed E-state index contributed by atoms with van der Waals surface area (Å²) in [6, 6.07) is 8.66. The molecule has 4 rings (SSSR count). The highest BCUT2D eigenvalue weighted by Crippen LogP contribution is 2.50. The summed E-state index contributed by atoms with van der Waals surface area (Å²) in [7, 11) is 1.65. The van der Waals surface area contributed by atoms with Crippen LogP contribution in [0.2, 0.25) is 0 Å². The molecule has 136 valence electrons. The second kappa shape index (κ2) is 5.81. The summed E-state index contributed by atoms with van der Waals surface area (Å²) in [5.74, 6) is -0.147. The molecule has 1 saturated carbocycles. The predicted molar refractivity (Wildman–Crippen MR) is 101 cm³/mol. The first-order valence-corrected chi connectivity index (χ1v) is 9.43. The molecule has 1 amide bonds. The topological polar surface area (TPSA) is 82.2 Å². The zero-order chi connectivity index (χ0) is 18.6. The molecule has 0 unspecified atom stereocenters. The Morgan fingerprint density at radius 2 is 2.08 bits per heavy atom. The molecule has 1 aromatic carbocycles. The molecular formula is C19H21FN4OS. The van der Waals surface area contributed by atoms with Gasteiger partial charge in [-0.15, -0.1) is 11.3 Å². The van der Waals surface area contributed by atoms with Gasteiger partial charge in [0.05, 0.1) is 17.1 Å². The maximum absolute atomic E-state index is 13.4. The van der Waals surface area contributed by atoms with Gasteiger partial charge in [0.15, 0.2) is 5.96 Å². The summed E-state index contributed by atoms with van der Waals surface area (Å²) in [5.41, 5.74) is 6.05. The standard InChI is InChI=1S/C19H21FN4OS/c1-19(16(10-3-4-10)17(25)24(2)18(22)23-19)15-8-7-14(26-15)11-5-6-12(20)13(21)9-11/h5-10,16H,3-4,21H2,1-2H3,(H2,22,23)/t16-,19-/m1/s1. The number of rotatable bonds is 3. The summed E-state index contributed by atoms with van der Waals surface area (Å²) in [6.45, 7) is 2.00. The molecule has 2 aromatic rings. The number of guanidine groups is 1. The molecule has 0 radical (unpaired) electrons. The molecule has 1 saturated heterocycles. The number of nitrogens with two attached hydrogens (primary N) is 1. The number of hydrogen-bond donors (Lipinski definition) is 3. The van der Waals surface area contributed by atoms with E-state index in [-0.39, 0.29) is 23.5 Å². The number of carbonyl (C=O) groups is 1. The first-order chi connectivity index (χ1) is 12.3. The van der Waals surface area contributed by atoms with E-state index in [9.17, 15) is 9.18 Å². The Morgan fingerprint density at radius 3 is 2.73 bits per heavy atom. The highest BCUT2D eigenvalue weighted by molar-refractivity contribution is 7.15. The van der Waals surface area contributed by atoms with E-state index in [0.29, 0.717) is 5.92 Å². The quantitative estimate of drug-likeness (QED) is 0.723. The lowest BCUT2D eigenvalue weighted by Gasteiger charge is -2.45. The van der Waals surface area contributed by atoms with Gasteiger partial charge in [-0.3, -0.25) is 15.1 Å². The van der Waals surface area contributed by atoms with Crippen LogP contribution in [0.15, 0.2) is 30.3 Å². The summed E-state index contributed by atoms with van der Waals surface area (Å²) >= 11 is 1.55. The van der Waals surface area contributed by atoms with Crippen molar-refractivity contribution in [2.45, 2.75) is 25.3 Å². The van der Waals surface area contributed by atoms with Crippen LogP contribution < -0.4 is 11.1 Å². The smallest absolute Gasteiger partial charge is 0.235 e. The summed E-state index contributed by atoms with van der Waals surface area (Å²) in [4.78, 5) is 16.2. The third-order valence-corrected chi connectivity index (χ3v) is 6.80. The largest absolute Gasteiger partial charge is 0.396 e. The van der Waals surface area contributed by atoms with Gasteiger partial charge in [0.1, 0.15) is 5.82 Å². The van der Waals surface area contributed by atoms with Gasteiger partial charge in [-0.1, -0.05) is 6.07 Å². The van der Waals surface area contributed by atoms with E-state index >= 15 is 0 Å². The van der Waals surface area contributed by atoms with E-state index in [4.69, 9.17) is 11.1 Å². The highest BCUT2D eigenvalue weighted by Gasteiger charge is 2.54. The van der Waals surface area contributed by atoms with Crippen molar-refractivity contribution in [1.82, 2.24) is 10.2 Å². The first kappa shape index (κ1) is 17.0. The van der Waals surface area contributed by atoms with E-state index in [1.54, 1.807) is 30.5 Å². The number of carbonyl (C=O) groups excluding carboxylic acids is 1. The number of nitrogen functional groups attached to an aromatic ring is 1. The van der Waals surface area contributed by atoms with Crippen LogP contribution in [0.25, 0.3) is 10.4 Å². The fourth-order valence-electron chi connectivity index (χ4n) is 3.76. The molecule has 2 aliphatic rings. The lowest BCUT2D eigenvalue weighted by molar-refractivity contribution is -0.136. The predicted octanol–water partition coefficient (Wildman–Crippen LogP) is 3.37. The zero-order valence-corrected chi connectivity index (χ0v) is 15.5. The van der Waals surface area contributed by atoms with Crippen molar-refractivity contribution >= 4 is 28.9 Å². The zero-order valence-electron chi connectivity index (χ0n) is 14.7. The molecule has 2 atom stereocenters. The summed E-state index contributed by atoms with van der Waals surface area (Å²) < 4.78 is 13.4. The van der Waals surface area contributed by atoms with Gasteiger partial charge in [-0.25, -0.2) is 4.39 Å². The molecule has 2 heterocycles. The second-order valence-electron chi connectivity index (χ2n) is 7.29. The Labute approximate surface area is 155 Å². The minimum absolute atomic E-state index is 0.000253. The molecular weight excluding hydrogens is 351 g/mol. The molecule has 0 bridgehead atoms. The number of anilines is 1. The van der Waals surface area contributed by atoms with Gasteiger partial charge in [-0.05, 0) is 55.5 Å². The molecule has 0 spiro atoms. The summed E-state index contributed by atoms with van der Waals surface area (Å²) in [6.07, 6.45) is 2.09. The number of benzene rings is 1. The van der Waals surface area contributed by atoms with Crippen molar-refractivity contribution in [1.29, 1.82) is 5.41 Å². The van der Waals surface area contributed by atoms with Gasteiger partial charge in [0.25, 0.3) is 0 Å². The van der Waals surface area contributed by atoms with Gasteiger partial charge in [0, 0.05) is 16.8 Å². The lowest BCUT2D eigenvalue weighted by Crippen LogP contribution is -2.64. The summed E-state index contributed by atoms with van der Waals surface area (Å²) in [5, 5.41) is 11.4. The van der Waals surface area contributed by atoms with Crippen LogP contribution in [0.5, 0.6) is 0 Å². The van der Waals surface area contributed by atoms with Crippen molar-refractivity contribution in [2.75, 3.05) is 12.8 Å². The monoisotopic (exact) mass is 372 g/mol. The SMILES string of the molecule is CN1C(=N)N[C@](C)(c2ccc(-c3ccc(F)c(N)c3)s2)[C@H](C2CC2)C1=O. The average molecular weight is 372 g/mol.